The molecule has 0 atom stereocenters. The van der Waals surface area contributed by atoms with Gasteiger partial charge in [-0.25, -0.2) is 0 Å². The quantitative estimate of drug-likeness (QED) is 0.173. The van der Waals surface area contributed by atoms with Crippen molar-refractivity contribution in [2.24, 2.45) is 0 Å². The lowest BCUT2D eigenvalue weighted by Gasteiger charge is -2.28. The Bertz CT molecular complexity index is 2590. The zero-order valence-electron chi connectivity index (χ0n) is 27.4. The van der Waals surface area contributed by atoms with Crippen molar-refractivity contribution in [1.82, 2.24) is 0 Å². The van der Waals surface area contributed by atoms with Gasteiger partial charge in [0.2, 0.25) is 0 Å². The molecule has 0 fully saturated rings. The highest BCUT2D eigenvalue weighted by Crippen LogP contribution is 2.47. The Morgan fingerprint density at radius 3 is 1.52 bits per heavy atom. The van der Waals surface area contributed by atoms with Crippen molar-refractivity contribution in [3.8, 4) is 44.5 Å². The topological polar surface area (TPSA) is 16.4 Å². The lowest BCUT2D eigenvalue weighted by atomic mass is 9.94. The fourth-order valence-corrected chi connectivity index (χ4v) is 7.14. The van der Waals surface area contributed by atoms with Gasteiger partial charge in [0.15, 0.2) is 0 Å². The molecule has 236 valence electrons. The predicted octanol–water partition coefficient (Wildman–Crippen LogP) is 13.7. The molecule has 0 saturated heterocycles. The second-order valence-corrected chi connectivity index (χ2v) is 12.5. The monoisotopic (exact) mass is 639 g/mol. The average molecular weight is 640 g/mol. The molecule has 0 radical (unpaired) electrons. The van der Waals surface area contributed by atoms with Gasteiger partial charge in [0, 0.05) is 22.3 Å². The standard InChI is InChI=1S/C48H33NO/c1-4-16-34(17-5-1)37-22-14-24-39(32-37)49(40-25-15-23-38(33-40)42-27-11-10-26-41(42)35-18-6-2-7-19-35)45-31-30-43(36-20-8-3-9-21-36)48-47(45)44-28-12-13-29-46(44)50-48/h1-33H. The van der Waals surface area contributed by atoms with Gasteiger partial charge in [-0.15, -0.1) is 0 Å². The molecule has 0 N–H and O–H groups in total. The number of anilines is 3. The van der Waals surface area contributed by atoms with Crippen LogP contribution in [0.15, 0.2) is 205 Å². The van der Waals surface area contributed by atoms with E-state index >= 15 is 0 Å². The van der Waals surface area contributed by atoms with E-state index in [1.165, 1.54) is 22.3 Å². The van der Waals surface area contributed by atoms with Crippen molar-refractivity contribution in [2.45, 2.75) is 0 Å². The molecule has 8 aromatic carbocycles. The van der Waals surface area contributed by atoms with Crippen LogP contribution in [-0.4, -0.2) is 0 Å². The molecule has 9 aromatic rings. The second kappa shape index (κ2) is 12.8. The first kappa shape index (κ1) is 29.5. The van der Waals surface area contributed by atoms with Crippen molar-refractivity contribution >= 4 is 39.0 Å². The van der Waals surface area contributed by atoms with Crippen molar-refractivity contribution in [3.63, 3.8) is 0 Å². The third-order valence-corrected chi connectivity index (χ3v) is 9.47. The minimum atomic E-state index is 0.871. The van der Waals surface area contributed by atoms with Gasteiger partial charge < -0.3 is 9.32 Å². The summed E-state index contributed by atoms with van der Waals surface area (Å²) in [6.45, 7) is 0. The maximum Gasteiger partial charge on any atom is 0.145 e. The summed E-state index contributed by atoms with van der Waals surface area (Å²) >= 11 is 0. The van der Waals surface area contributed by atoms with Crippen LogP contribution in [0.25, 0.3) is 66.4 Å². The molecule has 0 aliphatic carbocycles. The number of nitrogens with zero attached hydrogens (tertiary/aromatic N) is 1. The second-order valence-electron chi connectivity index (χ2n) is 12.5. The Morgan fingerprint density at radius 2 is 0.840 bits per heavy atom. The molecule has 2 heteroatoms. The molecule has 1 aromatic heterocycles. The van der Waals surface area contributed by atoms with Crippen LogP contribution in [0.3, 0.4) is 0 Å². The SMILES string of the molecule is c1ccc(-c2cccc(N(c3cccc(-c4ccccc4-c4ccccc4)c3)c3ccc(-c4ccccc4)c4oc5ccccc5c34)c2)cc1. The number of rotatable bonds is 7. The summed E-state index contributed by atoms with van der Waals surface area (Å²) in [4.78, 5) is 2.39. The van der Waals surface area contributed by atoms with Gasteiger partial charge in [-0.05, 0) is 81.4 Å². The van der Waals surface area contributed by atoms with Crippen LogP contribution in [-0.2, 0) is 0 Å². The van der Waals surface area contributed by atoms with E-state index in [0.717, 1.165) is 61.3 Å². The van der Waals surface area contributed by atoms with Crippen LogP contribution < -0.4 is 4.90 Å². The Hall–Kier alpha value is -6.64. The van der Waals surface area contributed by atoms with Crippen molar-refractivity contribution in [3.05, 3.63) is 200 Å². The van der Waals surface area contributed by atoms with E-state index in [2.05, 4.69) is 199 Å². The van der Waals surface area contributed by atoms with Crippen LogP contribution in [0.4, 0.5) is 17.1 Å². The highest BCUT2D eigenvalue weighted by atomic mass is 16.3. The van der Waals surface area contributed by atoms with Gasteiger partial charge in [0.25, 0.3) is 0 Å². The largest absolute Gasteiger partial charge is 0.455 e. The fraction of sp³-hybridized carbons (Fsp3) is 0. The highest BCUT2D eigenvalue weighted by Gasteiger charge is 2.23. The zero-order valence-corrected chi connectivity index (χ0v) is 27.4. The number of fused-ring (bicyclic) bond motifs is 3. The summed E-state index contributed by atoms with van der Waals surface area (Å²) in [7, 11) is 0. The number of furan rings is 1. The minimum absolute atomic E-state index is 0.871. The summed E-state index contributed by atoms with van der Waals surface area (Å²) in [6, 6.07) is 71.0. The smallest absolute Gasteiger partial charge is 0.145 e. The highest BCUT2D eigenvalue weighted by molar-refractivity contribution is 6.17. The Morgan fingerprint density at radius 1 is 0.340 bits per heavy atom. The van der Waals surface area contributed by atoms with E-state index in [-0.39, 0.29) is 0 Å². The van der Waals surface area contributed by atoms with Gasteiger partial charge >= 0.3 is 0 Å². The number of para-hydroxylation sites is 1. The summed E-state index contributed by atoms with van der Waals surface area (Å²) in [5, 5.41) is 2.17. The molecule has 0 unspecified atom stereocenters. The molecule has 2 nitrogen and oxygen atoms in total. The minimum Gasteiger partial charge on any atom is -0.455 e. The van der Waals surface area contributed by atoms with E-state index in [0.29, 0.717) is 0 Å². The Balaban J connectivity index is 1.30. The molecule has 0 aliphatic rings. The van der Waals surface area contributed by atoms with Gasteiger partial charge in [-0.1, -0.05) is 158 Å². The summed E-state index contributed by atoms with van der Waals surface area (Å²) < 4.78 is 6.72. The molecular weight excluding hydrogens is 607 g/mol. The molecule has 0 aliphatic heterocycles. The summed E-state index contributed by atoms with van der Waals surface area (Å²) in [5.41, 5.74) is 14.2. The third-order valence-electron chi connectivity index (χ3n) is 9.47. The van der Waals surface area contributed by atoms with Gasteiger partial charge in [0.05, 0.1) is 11.1 Å². The number of hydrogen-bond donors (Lipinski definition) is 0. The number of hydrogen-bond acceptors (Lipinski definition) is 2. The molecule has 0 amide bonds. The van der Waals surface area contributed by atoms with Gasteiger partial charge in [-0.2, -0.15) is 0 Å². The lowest BCUT2D eigenvalue weighted by Crippen LogP contribution is -2.11. The molecule has 0 saturated carbocycles. The lowest BCUT2D eigenvalue weighted by molar-refractivity contribution is 0.670. The van der Waals surface area contributed by atoms with Gasteiger partial charge in [0.1, 0.15) is 11.2 Å². The fourth-order valence-electron chi connectivity index (χ4n) is 7.14. The third kappa shape index (κ3) is 5.34. The van der Waals surface area contributed by atoms with Crippen molar-refractivity contribution in [1.29, 1.82) is 0 Å². The zero-order chi connectivity index (χ0) is 33.3. The van der Waals surface area contributed by atoms with Crippen LogP contribution in [0.1, 0.15) is 0 Å². The van der Waals surface area contributed by atoms with E-state index < -0.39 is 0 Å². The molecule has 0 bridgehead atoms. The maximum absolute atomic E-state index is 6.72. The molecule has 0 spiro atoms. The summed E-state index contributed by atoms with van der Waals surface area (Å²) in [6.07, 6.45) is 0. The Labute approximate surface area is 292 Å². The number of benzene rings is 8. The van der Waals surface area contributed by atoms with E-state index in [1.807, 2.05) is 6.07 Å². The van der Waals surface area contributed by atoms with E-state index in [1.54, 1.807) is 0 Å². The van der Waals surface area contributed by atoms with Crippen molar-refractivity contribution < 1.29 is 4.42 Å². The molecule has 50 heavy (non-hydrogen) atoms. The van der Waals surface area contributed by atoms with Crippen LogP contribution in [0.5, 0.6) is 0 Å². The van der Waals surface area contributed by atoms with E-state index in [9.17, 15) is 0 Å². The van der Waals surface area contributed by atoms with Crippen molar-refractivity contribution in [2.75, 3.05) is 4.90 Å². The van der Waals surface area contributed by atoms with Crippen LogP contribution >= 0.6 is 0 Å². The van der Waals surface area contributed by atoms with Crippen LogP contribution in [0, 0.1) is 0 Å². The average Bonchev–Trinajstić information content (AvgIpc) is 3.59. The summed E-state index contributed by atoms with van der Waals surface area (Å²) in [5.74, 6) is 0. The first-order valence-corrected chi connectivity index (χ1v) is 17.0. The van der Waals surface area contributed by atoms with Gasteiger partial charge in [-0.3, -0.25) is 0 Å². The molecular formula is C48H33NO. The molecule has 9 rings (SSSR count). The first-order valence-electron chi connectivity index (χ1n) is 17.0. The normalized spacial score (nSPS) is 11.2. The van der Waals surface area contributed by atoms with E-state index in [4.69, 9.17) is 4.42 Å². The predicted molar refractivity (Wildman–Crippen MR) is 210 cm³/mol. The molecule has 1 heterocycles. The maximum atomic E-state index is 6.72. The first-order chi connectivity index (χ1) is 24.8. The Kier molecular flexibility index (Phi) is 7.53. The van der Waals surface area contributed by atoms with Crippen LogP contribution in [0.2, 0.25) is 0 Å².